The molecular weight excluding hydrogens is 338 g/mol. The van der Waals surface area contributed by atoms with Gasteiger partial charge in [0.05, 0.1) is 6.07 Å². The van der Waals surface area contributed by atoms with E-state index in [-0.39, 0.29) is 5.03 Å². The Morgan fingerprint density at radius 1 is 1.32 bits per heavy atom. The van der Waals surface area contributed by atoms with Gasteiger partial charge in [0.25, 0.3) is 10.0 Å². The highest BCUT2D eigenvalue weighted by molar-refractivity contribution is 7.97. The first-order chi connectivity index (χ1) is 10.3. The molecule has 1 heterocycles. The highest BCUT2D eigenvalue weighted by Gasteiger charge is 2.37. The largest absolute Gasteiger partial charge is 0.268 e. The molecule has 2 aliphatic rings. The van der Waals surface area contributed by atoms with E-state index < -0.39 is 15.6 Å². The topological polar surface area (TPSA) is 79.0 Å². The van der Waals surface area contributed by atoms with E-state index in [1.54, 1.807) is 23.9 Å². The third-order valence-electron chi connectivity index (χ3n) is 3.67. The van der Waals surface area contributed by atoms with Crippen molar-refractivity contribution in [1.82, 2.24) is 13.6 Å². The smallest absolute Gasteiger partial charge is 0.252 e. The first kappa shape index (κ1) is 16.3. The molecule has 0 N–H and O–H groups in total. The van der Waals surface area contributed by atoms with E-state index in [0.29, 0.717) is 28.8 Å². The van der Waals surface area contributed by atoms with Gasteiger partial charge >= 0.3 is 0 Å². The first-order valence-electron chi connectivity index (χ1n) is 7.38. The average molecular weight is 358 g/mol. The summed E-state index contributed by atoms with van der Waals surface area (Å²) >= 11 is 0. The van der Waals surface area contributed by atoms with Crippen LogP contribution in [0.2, 0.25) is 0 Å². The number of nitriles is 1. The molecule has 0 bridgehead atoms. The zero-order valence-electron chi connectivity index (χ0n) is 12.7. The summed E-state index contributed by atoms with van der Waals surface area (Å²) in [5.41, 5.74) is 0.230. The molecule has 3 rings (SSSR count). The van der Waals surface area contributed by atoms with Crippen LogP contribution in [0.15, 0.2) is 17.3 Å². The monoisotopic (exact) mass is 358 g/mol. The van der Waals surface area contributed by atoms with E-state index in [4.69, 9.17) is 5.26 Å². The Morgan fingerprint density at radius 3 is 2.32 bits per heavy atom. The van der Waals surface area contributed by atoms with Crippen molar-refractivity contribution in [2.45, 2.75) is 61.4 Å². The lowest BCUT2D eigenvalue weighted by atomic mass is 10.1. The zero-order chi connectivity index (χ0) is 16.0. The Kier molecular flexibility index (Phi) is 4.33. The number of hydrogen-bond acceptors (Lipinski definition) is 4. The van der Waals surface area contributed by atoms with Crippen LogP contribution < -0.4 is 0 Å². The summed E-state index contributed by atoms with van der Waals surface area (Å²) in [6, 6.07) is 3.64. The molecule has 0 radical (unpaired) electrons. The van der Waals surface area contributed by atoms with Gasteiger partial charge in [-0.1, -0.05) is 0 Å². The number of rotatable bonds is 7. The van der Waals surface area contributed by atoms with Crippen molar-refractivity contribution < 1.29 is 8.42 Å². The minimum Gasteiger partial charge on any atom is -0.252 e. The number of hydrogen-bond donors (Lipinski definition) is 0. The summed E-state index contributed by atoms with van der Waals surface area (Å²) < 4.78 is 28.8. The lowest BCUT2D eigenvalue weighted by Gasteiger charge is -2.20. The van der Waals surface area contributed by atoms with Gasteiger partial charge < -0.3 is 0 Å². The summed E-state index contributed by atoms with van der Waals surface area (Å²) in [5.74, 6) is 0. The minimum atomic E-state index is -3.54. The molecule has 2 atom stereocenters. The minimum absolute atomic E-state index is 0.0668. The maximum absolute atomic E-state index is 12.9. The van der Waals surface area contributed by atoms with E-state index >= 15 is 0 Å². The van der Waals surface area contributed by atoms with Crippen LogP contribution in [0.1, 0.15) is 39.5 Å². The molecule has 1 aromatic heterocycles. The molecule has 22 heavy (non-hydrogen) atoms. The van der Waals surface area contributed by atoms with E-state index in [0.717, 1.165) is 25.7 Å². The SMILES string of the molecule is CC(C)(C#N)n1ccc(S(=O)(=O)N(PC2CC2)PC2CC2)n1. The summed E-state index contributed by atoms with van der Waals surface area (Å²) in [6.07, 6.45) is 6.12. The van der Waals surface area contributed by atoms with Crippen molar-refractivity contribution in [3.05, 3.63) is 12.3 Å². The Labute approximate surface area is 135 Å². The van der Waals surface area contributed by atoms with Crippen molar-refractivity contribution in [3.8, 4) is 6.07 Å². The van der Waals surface area contributed by atoms with Crippen LogP contribution >= 0.6 is 17.5 Å². The fourth-order valence-corrected chi connectivity index (χ4v) is 7.92. The maximum atomic E-state index is 12.9. The molecule has 120 valence electrons. The predicted octanol–water partition coefficient (Wildman–Crippen LogP) is 2.64. The molecule has 2 fully saturated rings. The van der Waals surface area contributed by atoms with Gasteiger partial charge in [0, 0.05) is 6.20 Å². The summed E-state index contributed by atoms with van der Waals surface area (Å²) in [4.78, 5) is 0. The second-order valence-electron chi connectivity index (χ2n) is 6.35. The third kappa shape index (κ3) is 3.51. The van der Waals surface area contributed by atoms with E-state index in [1.807, 2.05) is 0 Å². The van der Waals surface area contributed by atoms with Crippen LogP contribution in [0.3, 0.4) is 0 Å². The van der Waals surface area contributed by atoms with Crippen molar-refractivity contribution in [1.29, 1.82) is 5.26 Å². The van der Waals surface area contributed by atoms with Gasteiger partial charge in [-0.05, 0) is 74.4 Å². The quantitative estimate of drug-likeness (QED) is 0.702. The van der Waals surface area contributed by atoms with Crippen LogP contribution in [0.5, 0.6) is 0 Å². The van der Waals surface area contributed by atoms with Gasteiger partial charge in [-0.15, -0.1) is 0 Å². The standard InChI is InChI=1S/C13H20N4O2P2S/c1-13(2,9-14)16-8-7-12(15-16)22(18,19)17(20-10-3-4-10)21-11-5-6-11/h7-8,10-11,20-21H,3-6H2,1-2H3. The molecule has 0 aliphatic heterocycles. The summed E-state index contributed by atoms with van der Waals surface area (Å²) in [5, 5.41) is 13.4. The molecule has 0 aromatic carbocycles. The van der Waals surface area contributed by atoms with E-state index in [2.05, 4.69) is 11.2 Å². The average Bonchev–Trinajstić information content (AvgIpc) is 3.39. The highest BCUT2D eigenvalue weighted by atomic mass is 32.2. The van der Waals surface area contributed by atoms with Crippen molar-refractivity contribution in [3.63, 3.8) is 0 Å². The van der Waals surface area contributed by atoms with Crippen molar-refractivity contribution in [2.24, 2.45) is 0 Å². The molecule has 0 saturated heterocycles. The molecule has 9 heteroatoms. The Bertz CT molecular complexity index is 688. The molecule has 0 amide bonds. The van der Waals surface area contributed by atoms with Crippen LogP contribution in [-0.2, 0) is 15.6 Å². The Hall–Kier alpha value is -0.530. The lowest BCUT2D eigenvalue weighted by molar-refractivity contribution is 0.410. The number of aromatic nitrogens is 2. The van der Waals surface area contributed by atoms with Gasteiger partial charge in [-0.3, -0.25) is 4.68 Å². The second-order valence-corrected chi connectivity index (χ2v) is 12.2. The summed E-state index contributed by atoms with van der Waals surface area (Å²) in [6.45, 7) is 3.43. The van der Waals surface area contributed by atoms with Crippen LogP contribution in [0, 0.1) is 11.3 Å². The zero-order valence-corrected chi connectivity index (χ0v) is 15.5. The number of nitrogens with zero attached hydrogens (tertiary/aromatic N) is 4. The molecule has 2 saturated carbocycles. The van der Waals surface area contributed by atoms with Crippen LogP contribution in [0.25, 0.3) is 0 Å². The third-order valence-corrected chi connectivity index (χ3v) is 10.1. The number of sulfonamides is 1. The Balaban J connectivity index is 1.84. The molecule has 2 unspecified atom stereocenters. The molecule has 6 nitrogen and oxygen atoms in total. The first-order valence-corrected chi connectivity index (χ1v) is 10.9. The molecular formula is C13H20N4O2P2S. The van der Waals surface area contributed by atoms with Crippen molar-refractivity contribution >= 4 is 27.5 Å². The maximum Gasteiger partial charge on any atom is 0.268 e. The summed E-state index contributed by atoms with van der Waals surface area (Å²) in [7, 11) is -2.86. The highest BCUT2D eigenvalue weighted by Crippen LogP contribution is 2.54. The fraction of sp³-hybridized carbons (Fsp3) is 0.692. The lowest BCUT2D eigenvalue weighted by Crippen LogP contribution is -2.25. The van der Waals surface area contributed by atoms with Crippen LogP contribution in [0.4, 0.5) is 0 Å². The van der Waals surface area contributed by atoms with Crippen molar-refractivity contribution in [2.75, 3.05) is 0 Å². The van der Waals surface area contributed by atoms with Gasteiger partial charge in [0.15, 0.2) is 5.03 Å². The van der Waals surface area contributed by atoms with Crippen LogP contribution in [-0.4, -0.2) is 33.4 Å². The Morgan fingerprint density at radius 2 is 1.86 bits per heavy atom. The molecule has 0 spiro atoms. The van der Waals surface area contributed by atoms with Gasteiger partial charge in [-0.25, -0.2) is 8.42 Å². The molecule has 1 aromatic rings. The normalized spacial score (nSPS) is 20.5. The van der Waals surface area contributed by atoms with E-state index in [1.165, 1.54) is 10.7 Å². The molecule has 2 aliphatic carbocycles. The fourth-order valence-electron chi connectivity index (χ4n) is 1.83. The van der Waals surface area contributed by atoms with Gasteiger partial charge in [-0.2, -0.15) is 14.2 Å². The predicted molar refractivity (Wildman–Crippen MR) is 88.9 cm³/mol. The van der Waals surface area contributed by atoms with Gasteiger partial charge in [0.1, 0.15) is 5.54 Å². The second kappa shape index (κ2) is 5.83. The van der Waals surface area contributed by atoms with Gasteiger partial charge in [0.2, 0.25) is 0 Å². The van der Waals surface area contributed by atoms with E-state index in [9.17, 15) is 8.42 Å².